The summed E-state index contributed by atoms with van der Waals surface area (Å²) in [4.78, 5) is 0. The van der Waals surface area contributed by atoms with Crippen molar-refractivity contribution in [1.29, 1.82) is 0 Å². The van der Waals surface area contributed by atoms with Gasteiger partial charge in [0, 0.05) is 0 Å². The van der Waals surface area contributed by atoms with E-state index in [1.54, 1.807) is 26.0 Å². The van der Waals surface area contributed by atoms with Crippen molar-refractivity contribution in [3.63, 3.8) is 0 Å². The Hall–Kier alpha value is -2.77. The zero-order chi connectivity index (χ0) is 25.0. The first kappa shape index (κ1) is 25.3. The van der Waals surface area contributed by atoms with Crippen LogP contribution < -0.4 is 4.74 Å². The summed E-state index contributed by atoms with van der Waals surface area (Å²) in [5, 5.41) is 21.7. The van der Waals surface area contributed by atoms with Crippen molar-refractivity contribution in [2.24, 2.45) is 0 Å². The molecule has 5 nitrogen and oxygen atoms in total. The highest BCUT2D eigenvalue weighted by atomic mass is 19.1. The Morgan fingerprint density at radius 3 is 2.43 bits per heavy atom. The fourth-order valence-electron chi connectivity index (χ4n) is 4.52. The first-order valence-electron chi connectivity index (χ1n) is 12.0. The molecule has 0 amide bonds. The lowest BCUT2D eigenvalue weighted by Gasteiger charge is -2.46. The highest BCUT2D eigenvalue weighted by Crippen LogP contribution is 2.35. The third kappa shape index (κ3) is 5.90. The molecule has 0 aromatic heterocycles. The summed E-state index contributed by atoms with van der Waals surface area (Å²) in [5.74, 6) is 0.147. The maximum Gasteiger partial charge on any atom is 0.229 e. The van der Waals surface area contributed by atoms with Crippen molar-refractivity contribution < 1.29 is 28.8 Å². The molecule has 0 aliphatic carbocycles. The van der Waals surface area contributed by atoms with Crippen molar-refractivity contribution >= 4 is 0 Å². The van der Waals surface area contributed by atoms with Crippen LogP contribution in [0.5, 0.6) is 5.75 Å². The molecule has 0 spiro atoms. The molecule has 0 saturated carbocycles. The highest BCUT2D eigenvalue weighted by Gasteiger charge is 2.51. The van der Waals surface area contributed by atoms with E-state index in [9.17, 15) is 14.6 Å². The quantitative estimate of drug-likeness (QED) is 0.460. The van der Waals surface area contributed by atoms with Crippen LogP contribution >= 0.6 is 0 Å². The molecule has 3 aromatic rings. The van der Waals surface area contributed by atoms with Crippen LogP contribution in [0.1, 0.15) is 38.3 Å². The maximum atomic E-state index is 13.9. The number of halogens is 1. The average Bonchev–Trinajstić information content (AvgIpc) is 2.84. The van der Waals surface area contributed by atoms with Crippen LogP contribution in [0.4, 0.5) is 4.39 Å². The minimum atomic E-state index is -1.32. The maximum absolute atomic E-state index is 13.9. The zero-order valence-electron chi connectivity index (χ0n) is 20.4. The summed E-state index contributed by atoms with van der Waals surface area (Å²) in [6.07, 6.45) is -2.62. The van der Waals surface area contributed by atoms with Crippen LogP contribution in [-0.4, -0.2) is 40.4 Å². The van der Waals surface area contributed by atoms with Gasteiger partial charge in [0.25, 0.3) is 0 Å². The first-order valence-corrected chi connectivity index (χ1v) is 12.0. The number of aryl methyl sites for hydroxylation is 1. The van der Waals surface area contributed by atoms with Crippen LogP contribution in [0.2, 0.25) is 0 Å². The number of hydrogen-bond acceptors (Lipinski definition) is 5. The van der Waals surface area contributed by atoms with Gasteiger partial charge in [-0.2, -0.15) is 0 Å². The van der Waals surface area contributed by atoms with Gasteiger partial charge in [0.1, 0.15) is 29.9 Å². The average molecular weight is 481 g/mol. The largest absolute Gasteiger partial charge is 0.462 e. The minimum absolute atomic E-state index is 0.281. The van der Waals surface area contributed by atoms with Crippen molar-refractivity contribution in [3.8, 4) is 16.9 Å². The number of rotatable bonds is 8. The topological polar surface area (TPSA) is 68.2 Å². The highest BCUT2D eigenvalue weighted by molar-refractivity contribution is 5.69. The zero-order valence-corrected chi connectivity index (χ0v) is 20.4. The standard InChI is InChI=1S/C29H33FO5/c1-4-9-20-14-15-23(17-24(20)21-12-8-13-22(30)16-21)34-28-26(32)25(31)27(29(2,3)35-28)33-18-19-10-6-5-7-11-19/h5-8,10-17,25-28,31-32H,4,9,18H2,1-3H3/t25-,26+,27+,28+/m0/s1. The van der Waals surface area contributed by atoms with Gasteiger partial charge in [0.05, 0.1) is 12.2 Å². The predicted octanol–water partition coefficient (Wildman–Crippen LogP) is 5.27. The predicted molar refractivity (Wildman–Crippen MR) is 132 cm³/mol. The van der Waals surface area contributed by atoms with Gasteiger partial charge in [-0.1, -0.05) is 61.9 Å². The molecule has 6 heteroatoms. The summed E-state index contributed by atoms with van der Waals surface area (Å²) >= 11 is 0. The molecule has 1 heterocycles. The fraction of sp³-hybridized carbons (Fsp3) is 0.379. The van der Waals surface area contributed by atoms with Crippen molar-refractivity contribution in [2.45, 2.75) is 70.4 Å². The third-order valence-electron chi connectivity index (χ3n) is 6.30. The summed E-state index contributed by atoms with van der Waals surface area (Å²) < 4.78 is 32.0. The molecule has 1 fully saturated rings. The Labute approximate surface area is 206 Å². The molecule has 0 unspecified atom stereocenters. The van der Waals surface area contributed by atoms with E-state index in [0.717, 1.165) is 35.1 Å². The smallest absolute Gasteiger partial charge is 0.229 e. The molecule has 0 radical (unpaired) electrons. The second-order valence-electron chi connectivity index (χ2n) is 9.49. The van der Waals surface area contributed by atoms with Gasteiger partial charge < -0.3 is 24.4 Å². The van der Waals surface area contributed by atoms with Crippen LogP contribution in [0.15, 0.2) is 72.8 Å². The molecular weight excluding hydrogens is 447 g/mol. The van der Waals surface area contributed by atoms with E-state index in [4.69, 9.17) is 14.2 Å². The Balaban J connectivity index is 1.52. The molecule has 186 valence electrons. The van der Waals surface area contributed by atoms with Gasteiger partial charge in [-0.15, -0.1) is 0 Å². The van der Waals surface area contributed by atoms with Crippen LogP contribution in [0, 0.1) is 5.82 Å². The Bertz CT molecular complexity index is 1120. The van der Waals surface area contributed by atoms with Crippen LogP contribution in [-0.2, 0) is 22.5 Å². The molecule has 1 aliphatic heterocycles. The molecular formula is C29H33FO5. The minimum Gasteiger partial charge on any atom is -0.462 e. The molecule has 1 saturated heterocycles. The number of ether oxygens (including phenoxy) is 3. The van der Waals surface area contributed by atoms with E-state index in [0.29, 0.717) is 5.75 Å². The second-order valence-corrected chi connectivity index (χ2v) is 9.49. The van der Waals surface area contributed by atoms with Crippen molar-refractivity contribution in [3.05, 3.63) is 89.7 Å². The number of aliphatic hydroxyl groups excluding tert-OH is 2. The number of benzene rings is 3. The summed E-state index contributed by atoms with van der Waals surface area (Å²) in [6.45, 7) is 5.97. The van der Waals surface area contributed by atoms with Gasteiger partial charge in [-0.05, 0) is 66.8 Å². The molecule has 2 N–H and O–H groups in total. The normalized spacial score (nSPS) is 23.7. The molecule has 0 bridgehead atoms. The van der Waals surface area contributed by atoms with Gasteiger partial charge >= 0.3 is 0 Å². The van der Waals surface area contributed by atoms with E-state index >= 15 is 0 Å². The van der Waals surface area contributed by atoms with E-state index < -0.39 is 30.2 Å². The van der Waals surface area contributed by atoms with Gasteiger partial charge in [0.15, 0.2) is 0 Å². The molecule has 1 aliphatic rings. The number of aliphatic hydroxyl groups is 2. The van der Waals surface area contributed by atoms with Crippen LogP contribution in [0.3, 0.4) is 0 Å². The molecule has 35 heavy (non-hydrogen) atoms. The van der Waals surface area contributed by atoms with E-state index in [1.807, 2.05) is 48.5 Å². The number of hydrogen-bond donors (Lipinski definition) is 2. The second kappa shape index (κ2) is 10.9. The lowest BCUT2D eigenvalue weighted by Crippen LogP contribution is -2.64. The van der Waals surface area contributed by atoms with Crippen molar-refractivity contribution in [2.75, 3.05) is 0 Å². The molecule has 3 aromatic carbocycles. The van der Waals surface area contributed by atoms with Gasteiger partial charge in [-0.3, -0.25) is 0 Å². The summed E-state index contributed by atoms with van der Waals surface area (Å²) in [7, 11) is 0. The van der Waals surface area contributed by atoms with E-state index in [-0.39, 0.29) is 12.4 Å². The van der Waals surface area contributed by atoms with Crippen LogP contribution in [0.25, 0.3) is 11.1 Å². The lowest BCUT2D eigenvalue weighted by molar-refractivity contribution is -0.311. The van der Waals surface area contributed by atoms with Gasteiger partial charge in [-0.25, -0.2) is 4.39 Å². The molecule has 4 atom stereocenters. The Morgan fingerprint density at radius 1 is 0.943 bits per heavy atom. The van der Waals surface area contributed by atoms with Gasteiger partial charge in [0.2, 0.25) is 6.29 Å². The summed E-state index contributed by atoms with van der Waals surface area (Å²) in [6, 6.07) is 21.6. The molecule has 4 rings (SSSR count). The Morgan fingerprint density at radius 2 is 1.71 bits per heavy atom. The monoisotopic (exact) mass is 480 g/mol. The first-order chi connectivity index (χ1) is 16.8. The van der Waals surface area contributed by atoms with Crippen molar-refractivity contribution in [1.82, 2.24) is 0 Å². The SMILES string of the molecule is CCCc1ccc(O[C@@H]2OC(C)(C)[C@H](OCc3ccccc3)[C@@H](O)[C@H]2O)cc1-c1cccc(F)c1. The van der Waals surface area contributed by atoms with E-state index in [1.165, 1.54) is 12.1 Å². The van der Waals surface area contributed by atoms with E-state index in [2.05, 4.69) is 6.92 Å². The summed E-state index contributed by atoms with van der Waals surface area (Å²) in [5.41, 5.74) is 2.72. The Kier molecular flexibility index (Phi) is 7.87. The fourth-order valence-corrected chi connectivity index (χ4v) is 4.52. The third-order valence-corrected chi connectivity index (χ3v) is 6.30. The lowest BCUT2D eigenvalue weighted by atomic mass is 9.89.